The van der Waals surface area contributed by atoms with E-state index in [4.69, 9.17) is 0 Å². The molecule has 126 valence electrons. The molecule has 4 rings (SSSR count). The van der Waals surface area contributed by atoms with Gasteiger partial charge in [-0.3, -0.25) is 4.57 Å². The first kappa shape index (κ1) is 15.3. The topological polar surface area (TPSA) is 58.5 Å². The van der Waals surface area contributed by atoms with Crippen LogP contribution in [0.5, 0.6) is 0 Å². The van der Waals surface area contributed by atoms with Gasteiger partial charge in [-0.2, -0.15) is 0 Å². The standard InChI is InChI=1S/C18H22FN5/c19-18(6-8-20-9-7-18)5-1-2-14-11-21-17-4-3-15(10-16(14)17)24-12-22-23-13-24/h3-4,10-13,20-21H,1-2,5-9H2. The van der Waals surface area contributed by atoms with Crippen LogP contribution in [0.1, 0.15) is 31.2 Å². The summed E-state index contributed by atoms with van der Waals surface area (Å²) in [7, 11) is 0. The number of alkyl halides is 1. The first-order chi connectivity index (χ1) is 11.7. The van der Waals surface area contributed by atoms with Gasteiger partial charge in [-0.05, 0) is 69.0 Å². The number of piperidine rings is 1. The number of nitrogens with zero attached hydrogens (tertiary/aromatic N) is 3. The highest BCUT2D eigenvalue weighted by atomic mass is 19.1. The molecule has 1 aliphatic heterocycles. The van der Waals surface area contributed by atoms with Gasteiger partial charge in [0.2, 0.25) is 0 Å². The number of benzene rings is 1. The third-order valence-corrected chi connectivity index (χ3v) is 5.04. The first-order valence-corrected chi connectivity index (χ1v) is 8.58. The lowest BCUT2D eigenvalue weighted by molar-refractivity contribution is 0.102. The van der Waals surface area contributed by atoms with Crippen molar-refractivity contribution in [3.05, 3.63) is 42.6 Å². The van der Waals surface area contributed by atoms with E-state index in [0.717, 1.165) is 37.1 Å². The highest BCUT2D eigenvalue weighted by Crippen LogP contribution is 2.30. The molecule has 24 heavy (non-hydrogen) atoms. The molecule has 1 aromatic carbocycles. The molecular formula is C18H22FN5. The third kappa shape index (κ3) is 3.06. The van der Waals surface area contributed by atoms with E-state index in [1.807, 2.05) is 16.8 Å². The van der Waals surface area contributed by atoms with Crippen LogP contribution >= 0.6 is 0 Å². The van der Waals surface area contributed by atoms with Crippen LogP contribution < -0.4 is 5.32 Å². The maximum absolute atomic E-state index is 14.7. The van der Waals surface area contributed by atoms with Crippen LogP contribution in [0.2, 0.25) is 0 Å². The zero-order valence-electron chi connectivity index (χ0n) is 13.6. The van der Waals surface area contributed by atoms with Gasteiger partial charge in [-0.15, -0.1) is 10.2 Å². The van der Waals surface area contributed by atoms with Crippen LogP contribution in [-0.4, -0.2) is 38.5 Å². The highest BCUT2D eigenvalue weighted by Gasteiger charge is 2.30. The number of fused-ring (bicyclic) bond motifs is 1. The molecule has 1 fully saturated rings. The Bertz CT molecular complexity index is 802. The number of hydrogen-bond acceptors (Lipinski definition) is 3. The summed E-state index contributed by atoms with van der Waals surface area (Å²) in [6.07, 6.45) is 9.12. The van der Waals surface area contributed by atoms with E-state index in [9.17, 15) is 4.39 Å². The molecule has 2 aromatic heterocycles. The van der Waals surface area contributed by atoms with Crippen molar-refractivity contribution in [1.82, 2.24) is 25.1 Å². The van der Waals surface area contributed by atoms with Gasteiger partial charge in [0, 0.05) is 22.8 Å². The summed E-state index contributed by atoms with van der Waals surface area (Å²) in [4.78, 5) is 3.31. The quantitative estimate of drug-likeness (QED) is 0.757. The Morgan fingerprint density at radius 1 is 1.17 bits per heavy atom. The summed E-state index contributed by atoms with van der Waals surface area (Å²) >= 11 is 0. The zero-order chi connectivity index (χ0) is 16.4. The fourth-order valence-electron chi connectivity index (χ4n) is 3.59. The lowest BCUT2D eigenvalue weighted by Crippen LogP contribution is -2.38. The van der Waals surface area contributed by atoms with Crippen molar-refractivity contribution in [3.63, 3.8) is 0 Å². The van der Waals surface area contributed by atoms with Crippen molar-refractivity contribution in [2.24, 2.45) is 0 Å². The van der Waals surface area contributed by atoms with E-state index in [1.165, 1.54) is 10.9 Å². The van der Waals surface area contributed by atoms with Crippen molar-refractivity contribution < 1.29 is 4.39 Å². The lowest BCUT2D eigenvalue weighted by atomic mass is 9.88. The van der Waals surface area contributed by atoms with E-state index >= 15 is 0 Å². The normalized spacial score (nSPS) is 17.4. The molecule has 0 atom stereocenters. The molecule has 0 bridgehead atoms. The number of aromatic nitrogens is 4. The predicted octanol–water partition coefficient (Wildman–Crippen LogP) is 3.16. The molecule has 0 amide bonds. The van der Waals surface area contributed by atoms with Crippen LogP contribution in [0.15, 0.2) is 37.1 Å². The highest BCUT2D eigenvalue weighted by molar-refractivity contribution is 5.85. The van der Waals surface area contributed by atoms with Crippen molar-refractivity contribution in [3.8, 4) is 5.69 Å². The van der Waals surface area contributed by atoms with Crippen LogP contribution in [0.25, 0.3) is 16.6 Å². The summed E-state index contributed by atoms with van der Waals surface area (Å²) in [5.41, 5.74) is 2.41. The number of hydrogen-bond donors (Lipinski definition) is 2. The summed E-state index contributed by atoms with van der Waals surface area (Å²) in [5.74, 6) is 0. The molecule has 0 unspecified atom stereocenters. The van der Waals surface area contributed by atoms with Gasteiger partial charge in [-0.25, -0.2) is 4.39 Å². The van der Waals surface area contributed by atoms with E-state index in [2.05, 4.69) is 32.6 Å². The maximum atomic E-state index is 14.7. The van der Waals surface area contributed by atoms with Crippen molar-refractivity contribution in [1.29, 1.82) is 0 Å². The van der Waals surface area contributed by atoms with Gasteiger partial charge in [0.05, 0.1) is 0 Å². The molecule has 6 heteroatoms. The monoisotopic (exact) mass is 327 g/mol. The molecule has 2 N–H and O–H groups in total. The summed E-state index contributed by atoms with van der Waals surface area (Å²) < 4.78 is 16.6. The Morgan fingerprint density at radius 3 is 2.75 bits per heavy atom. The van der Waals surface area contributed by atoms with Gasteiger partial charge in [-0.1, -0.05) is 0 Å². The second-order valence-corrected chi connectivity index (χ2v) is 6.67. The minimum Gasteiger partial charge on any atom is -0.361 e. The van der Waals surface area contributed by atoms with Gasteiger partial charge in [0.15, 0.2) is 0 Å². The number of nitrogens with one attached hydrogen (secondary N) is 2. The Labute approximate surface area is 140 Å². The van der Waals surface area contributed by atoms with Crippen molar-refractivity contribution in [2.75, 3.05) is 13.1 Å². The third-order valence-electron chi connectivity index (χ3n) is 5.04. The van der Waals surface area contributed by atoms with Crippen molar-refractivity contribution >= 4 is 10.9 Å². The van der Waals surface area contributed by atoms with Gasteiger partial charge in [0.1, 0.15) is 18.3 Å². The largest absolute Gasteiger partial charge is 0.361 e. The molecule has 5 nitrogen and oxygen atoms in total. The Kier molecular flexibility index (Phi) is 4.06. The maximum Gasteiger partial charge on any atom is 0.123 e. The molecule has 0 spiro atoms. The second kappa shape index (κ2) is 6.36. The smallest absolute Gasteiger partial charge is 0.123 e. The molecule has 3 heterocycles. The molecule has 0 radical (unpaired) electrons. The van der Waals surface area contributed by atoms with Crippen LogP contribution in [0.3, 0.4) is 0 Å². The molecule has 1 aliphatic rings. The SMILES string of the molecule is FC1(CCCc2c[nH]c3ccc(-n4cnnc4)cc23)CCNCC1. The lowest BCUT2D eigenvalue weighted by Gasteiger charge is -2.30. The fourth-order valence-corrected chi connectivity index (χ4v) is 3.59. The summed E-state index contributed by atoms with van der Waals surface area (Å²) in [6, 6.07) is 6.25. The van der Waals surface area contributed by atoms with Crippen LogP contribution in [0.4, 0.5) is 4.39 Å². The molecule has 3 aromatic rings. The Balaban J connectivity index is 1.48. The van der Waals surface area contributed by atoms with Crippen LogP contribution in [-0.2, 0) is 6.42 Å². The van der Waals surface area contributed by atoms with Gasteiger partial charge >= 0.3 is 0 Å². The second-order valence-electron chi connectivity index (χ2n) is 6.67. The molecule has 1 saturated heterocycles. The zero-order valence-corrected chi connectivity index (χ0v) is 13.6. The summed E-state index contributed by atoms with van der Waals surface area (Å²) in [6.45, 7) is 1.60. The number of rotatable bonds is 5. The van der Waals surface area contributed by atoms with Crippen molar-refractivity contribution in [2.45, 2.75) is 37.8 Å². The van der Waals surface area contributed by atoms with Gasteiger partial charge in [0.25, 0.3) is 0 Å². The summed E-state index contributed by atoms with van der Waals surface area (Å²) in [5, 5.41) is 12.1. The predicted molar refractivity (Wildman–Crippen MR) is 92.1 cm³/mol. The Hall–Kier alpha value is -2.21. The van der Waals surface area contributed by atoms with E-state index in [-0.39, 0.29) is 0 Å². The first-order valence-electron chi connectivity index (χ1n) is 8.58. The van der Waals surface area contributed by atoms with E-state index in [0.29, 0.717) is 19.3 Å². The van der Waals surface area contributed by atoms with Gasteiger partial charge < -0.3 is 10.3 Å². The number of halogens is 1. The molecular weight excluding hydrogens is 305 g/mol. The minimum atomic E-state index is -0.981. The number of aryl methyl sites for hydroxylation is 1. The Morgan fingerprint density at radius 2 is 1.96 bits per heavy atom. The minimum absolute atomic E-state index is 0.638. The fraction of sp³-hybridized carbons (Fsp3) is 0.444. The van der Waals surface area contributed by atoms with E-state index in [1.54, 1.807) is 12.7 Å². The molecule has 0 aliphatic carbocycles. The number of aromatic amines is 1. The van der Waals surface area contributed by atoms with Crippen LogP contribution in [0, 0.1) is 0 Å². The average Bonchev–Trinajstić information content (AvgIpc) is 3.25. The average molecular weight is 327 g/mol. The van der Waals surface area contributed by atoms with E-state index < -0.39 is 5.67 Å². The number of H-pyrrole nitrogens is 1. The molecule has 0 saturated carbocycles.